The van der Waals surface area contributed by atoms with Gasteiger partial charge in [-0.05, 0) is 112 Å². The third-order valence-corrected chi connectivity index (χ3v) is 15.5. The van der Waals surface area contributed by atoms with Crippen LogP contribution < -0.4 is 14.5 Å². The van der Waals surface area contributed by atoms with Crippen molar-refractivity contribution < 1.29 is 25.8 Å². The van der Waals surface area contributed by atoms with Crippen LogP contribution in [0.15, 0.2) is 206 Å². The van der Waals surface area contributed by atoms with Gasteiger partial charge in [0.25, 0.3) is 0 Å². The molecule has 0 atom stereocenters. The van der Waals surface area contributed by atoms with Gasteiger partial charge in [-0.25, -0.2) is 9.97 Å². The number of para-hydroxylation sites is 1. The van der Waals surface area contributed by atoms with E-state index in [-0.39, 0.29) is 26.5 Å². The van der Waals surface area contributed by atoms with E-state index in [1.165, 1.54) is 16.7 Å². The molecule has 9 aromatic carbocycles. The number of imidazole rings is 1. The normalized spacial score (nSPS) is 13.2. The average Bonchev–Trinajstić information content (AvgIpc) is 4.33. The number of ether oxygens (including phenoxy) is 1. The van der Waals surface area contributed by atoms with Crippen LogP contribution in [-0.2, 0) is 39.4 Å². The molecule has 0 amide bonds. The van der Waals surface area contributed by atoms with E-state index < -0.39 is 0 Å². The first-order valence-corrected chi connectivity index (χ1v) is 26.7. The van der Waals surface area contributed by atoms with Gasteiger partial charge in [0.15, 0.2) is 0 Å². The second-order valence-corrected chi connectivity index (χ2v) is 21.5. The second kappa shape index (κ2) is 19.8. The monoisotopic (exact) mass is 1190 g/mol. The smallest absolute Gasteiger partial charge is 0.135 e. The third-order valence-electron chi connectivity index (χ3n) is 15.5. The zero-order valence-electron chi connectivity index (χ0n) is 43.9. The Hall–Kier alpha value is -8.51. The Morgan fingerprint density at radius 1 is 0.538 bits per heavy atom. The zero-order valence-corrected chi connectivity index (χ0v) is 46.2. The quantitative estimate of drug-likeness (QED) is 0.135. The number of aromatic nitrogens is 4. The standard InChI is InChI=1S/C70H55N6O.Pt/c1-46-35-69(71-44-60(46)49-23-12-7-13-24-49)76-63-28-15-14-27-57(63)58-32-31-55(41-64(58)76)77-56-39-53(70(2,3)4)38-54(40-56)74-45-75(67-43-65-61(42-66(67)74)72-68-29-16-17-34-73(65)68)62-33-30-51(48-21-10-6-11-22-48)37-59(62)52-26-18-25-50(36-52)47-19-8-5-9-20-47;/h5-15,18-28,30-33,35-39,42-45H,16-17,29,34H2,1-4H3;/q-3;. The van der Waals surface area contributed by atoms with Gasteiger partial charge in [0, 0.05) is 85.4 Å². The van der Waals surface area contributed by atoms with Crippen molar-refractivity contribution in [3.8, 4) is 61.8 Å². The molecule has 0 saturated carbocycles. The molecule has 2 aliphatic heterocycles. The van der Waals surface area contributed by atoms with Crippen LogP contribution in [-0.4, -0.2) is 19.1 Å². The van der Waals surface area contributed by atoms with Crippen LogP contribution in [0, 0.1) is 25.7 Å². The van der Waals surface area contributed by atoms with E-state index >= 15 is 0 Å². The Kier molecular flexibility index (Phi) is 12.5. The predicted octanol–water partition coefficient (Wildman–Crippen LogP) is 17.9. The predicted molar refractivity (Wildman–Crippen MR) is 316 cm³/mol. The summed E-state index contributed by atoms with van der Waals surface area (Å²) in [6.07, 6.45) is 5.25. The number of nitrogens with zero attached hydrogens (tertiary/aromatic N) is 6. The van der Waals surface area contributed by atoms with Crippen LogP contribution in [0.3, 0.4) is 0 Å². The summed E-state index contributed by atoms with van der Waals surface area (Å²) in [5.41, 5.74) is 19.4. The number of rotatable bonds is 9. The molecular formula is C70H55N6OPt-3. The molecule has 0 radical (unpaired) electrons. The van der Waals surface area contributed by atoms with E-state index in [0.29, 0.717) is 11.5 Å². The van der Waals surface area contributed by atoms with Crippen LogP contribution in [0.2, 0.25) is 0 Å². The molecule has 384 valence electrons. The molecule has 0 spiro atoms. The zero-order chi connectivity index (χ0) is 51.8. The van der Waals surface area contributed by atoms with Crippen molar-refractivity contribution in [2.24, 2.45) is 0 Å². The van der Waals surface area contributed by atoms with Crippen LogP contribution >= 0.6 is 0 Å². The molecule has 0 unspecified atom stereocenters. The molecular weight excluding hydrogens is 1140 g/mol. The van der Waals surface area contributed by atoms with E-state index in [9.17, 15) is 0 Å². The summed E-state index contributed by atoms with van der Waals surface area (Å²) in [5.74, 6) is 3.17. The van der Waals surface area contributed by atoms with Crippen molar-refractivity contribution in [3.05, 3.63) is 242 Å². The molecule has 0 fully saturated rings. The number of hydrogen-bond donors (Lipinski definition) is 0. The number of hydrogen-bond acceptors (Lipinski definition) is 5. The summed E-state index contributed by atoms with van der Waals surface area (Å²) in [6.45, 7) is 12.1. The van der Waals surface area contributed by atoms with E-state index in [2.05, 4.69) is 253 Å². The van der Waals surface area contributed by atoms with Crippen molar-refractivity contribution in [1.82, 2.24) is 19.1 Å². The minimum Gasteiger partial charge on any atom is -0.509 e. The molecule has 5 heterocycles. The third kappa shape index (κ3) is 8.77. The fourth-order valence-electron chi connectivity index (χ4n) is 11.5. The summed E-state index contributed by atoms with van der Waals surface area (Å²) >= 11 is 0. The first-order chi connectivity index (χ1) is 37.7. The second-order valence-electron chi connectivity index (χ2n) is 21.5. The van der Waals surface area contributed by atoms with Gasteiger partial charge in [0.05, 0.1) is 11.0 Å². The minimum absolute atomic E-state index is 0. The van der Waals surface area contributed by atoms with Crippen molar-refractivity contribution in [2.75, 3.05) is 9.80 Å². The Morgan fingerprint density at radius 3 is 1.99 bits per heavy atom. The molecule has 12 aromatic rings. The van der Waals surface area contributed by atoms with Gasteiger partial charge in [0.1, 0.15) is 11.6 Å². The summed E-state index contributed by atoms with van der Waals surface area (Å²) in [6, 6.07) is 79.0. The summed E-state index contributed by atoms with van der Waals surface area (Å²) in [4.78, 5) is 15.0. The summed E-state index contributed by atoms with van der Waals surface area (Å²) in [7, 11) is 0. The van der Waals surface area contributed by atoms with E-state index in [1.54, 1.807) is 0 Å². The maximum absolute atomic E-state index is 7.00. The van der Waals surface area contributed by atoms with Gasteiger partial charge in [-0.1, -0.05) is 160 Å². The number of benzene rings is 9. The first kappa shape index (κ1) is 49.1. The Balaban J connectivity index is 0.00000579. The number of pyridine rings is 1. The van der Waals surface area contributed by atoms with Crippen LogP contribution in [0.4, 0.5) is 22.7 Å². The minimum atomic E-state index is -0.225. The molecule has 0 aliphatic carbocycles. The molecule has 2 aliphatic rings. The number of anilines is 4. The SMILES string of the molecule is Cc1cc(-n2c3[c-]c(Oc4[c-]c(N5[CH-]N(c6ccc(-c7ccccc7)cc6-c6cccc(-c7ccccc7)c6)c6cc7c(cc65)nc5n7CCCC5)cc(C(C)(C)C)c4)ccc3c3ccccc32)ncc1-c1ccccc1.[Pt]. The number of fused-ring (bicyclic) bond motifs is 7. The summed E-state index contributed by atoms with van der Waals surface area (Å²) in [5, 5.41) is 2.20. The molecule has 0 bridgehead atoms. The van der Waals surface area contributed by atoms with Gasteiger partial charge in [-0.3, -0.25) is 0 Å². The van der Waals surface area contributed by atoms with Gasteiger partial charge >= 0.3 is 0 Å². The molecule has 0 N–H and O–H groups in total. The molecule has 7 nitrogen and oxygen atoms in total. The Labute approximate surface area is 470 Å². The van der Waals surface area contributed by atoms with E-state index in [1.807, 2.05) is 18.3 Å². The van der Waals surface area contributed by atoms with Crippen molar-refractivity contribution in [3.63, 3.8) is 0 Å². The first-order valence-electron chi connectivity index (χ1n) is 26.7. The average molecular weight is 1190 g/mol. The van der Waals surface area contributed by atoms with Crippen LogP contribution in [0.25, 0.3) is 83.2 Å². The van der Waals surface area contributed by atoms with Crippen LogP contribution in [0.5, 0.6) is 11.5 Å². The fraction of sp³-hybridized carbons (Fsp3) is 0.129. The van der Waals surface area contributed by atoms with Crippen molar-refractivity contribution >= 4 is 55.6 Å². The Bertz CT molecular complexity index is 4230. The van der Waals surface area contributed by atoms with Crippen molar-refractivity contribution in [1.29, 1.82) is 0 Å². The number of aryl methyl sites for hydroxylation is 3. The van der Waals surface area contributed by atoms with E-state index in [4.69, 9.17) is 14.7 Å². The molecule has 8 heteroatoms. The van der Waals surface area contributed by atoms with Crippen LogP contribution in [0.1, 0.15) is 50.6 Å². The largest absolute Gasteiger partial charge is 0.509 e. The van der Waals surface area contributed by atoms with Gasteiger partial charge in [-0.15, -0.1) is 53.6 Å². The maximum Gasteiger partial charge on any atom is 0.135 e. The van der Waals surface area contributed by atoms with Crippen molar-refractivity contribution in [2.45, 2.75) is 58.9 Å². The Morgan fingerprint density at radius 2 is 1.23 bits per heavy atom. The van der Waals surface area contributed by atoms with E-state index in [0.717, 1.165) is 132 Å². The molecule has 14 rings (SSSR count). The fourth-order valence-corrected chi connectivity index (χ4v) is 11.5. The molecule has 78 heavy (non-hydrogen) atoms. The molecule has 0 saturated heterocycles. The molecule has 3 aromatic heterocycles. The van der Waals surface area contributed by atoms with Gasteiger partial charge in [0.2, 0.25) is 0 Å². The van der Waals surface area contributed by atoms with Gasteiger partial charge in [-0.2, -0.15) is 6.07 Å². The summed E-state index contributed by atoms with van der Waals surface area (Å²) < 4.78 is 11.6. The maximum atomic E-state index is 7.00. The topological polar surface area (TPSA) is 51.4 Å². The van der Waals surface area contributed by atoms with Gasteiger partial charge < -0.3 is 23.7 Å².